The molecule has 2 aliphatic carbocycles. The molecular weight excluding hydrogens is 364 g/mol. The molecule has 29 heavy (non-hydrogen) atoms. The second-order valence-electron chi connectivity index (χ2n) is 8.57. The van der Waals surface area contributed by atoms with E-state index in [1.54, 1.807) is 7.11 Å². The first-order chi connectivity index (χ1) is 14.2. The van der Waals surface area contributed by atoms with E-state index in [1.807, 2.05) is 11.0 Å². The van der Waals surface area contributed by atoms with Crippen molar-refractivity contribution in [2.24, 2.45) is 0 Å². The van der Waals surface area contributed by atoms with Gasteiger partial charge in [0.05, 0.1) is 12.8 Å². The number of hydrogen-bond acceptors (Lipinski definition) is 4. The lowest BCUT2D eigenvalue weighted by molar-refractivity contribution is 0.0517. The van der Waals surface area contributed by atoms with E-state index in [1.165, 1.54) is 37.7 Å². The zero-order valence-electron chi connectivity index (χ0n) is 17.2. The fraction of sp³-hybridized carbons (Fsp3) is 0.565. The number of methoxy groups -OCH3 is 1. The van der Waals surface area contributed by atoms with E-state index in [-0.39, 0.29) is 5.91 Å². The molecule has 0 radical (unpaired) electrons. The summed E-state index contributed by atoms with van der Waals surface area (Å²) in [4.78, 5) is 17.9. The number of H-pyrrole nitrogens is 1. The van der Waals surface area contributed by atoms with Gasteiger partial charge in [-0.3, -0.25) is 14.8 Å². The molecule has 0 spiro atoms. The van der Waals surface area contributed by atoms with E-state index in [4.69, 9.17) is 4.74 Å². The largest absolute Gasteiger partial charge is 0.497 e. The number of carbonyl (C=O) groups is 1. The number of amides is 1. The van der Waals surface area contributed by atoms with Crippen molar-refractivity contribution >= 4 is 5.91 Å². The molecule has 6 nitrogen and oxygen atoms in total. The Bertz CT molecular complexity index is 892. The molecule has 154 valence electrons. The number of ether oxygens (including phenoxy) is 1. The molecule has 1 saturated heterocycles. The molecule has 1 N–H and O–H groups in total. The number of piperazine rings is 1. The zero-order valence-corrected chi connectivity index (χ0v) is 17.2. The summed E-state index contributed by atoms with van der Waals surface area (Å²) in [5.41, 5.74) is 5.04. The summed E-state index contributed by atoms with van der Waals surface area (Å²) in [6.45, 7) is 3.62. The van der Waals surface area contributed by atoms with Crippen LogP contribution in [0.1, 0.15) is 53.7 Å². The zero-order chi connectivity index (χ0) is 19.8. The number of fused-ring (bicyclic) bond motifs is 3. The summed E-state index contributed by atoms with van der Waals surface area (Å²) in [6.07, 6.45) is 8.51. The normalized spacial score (nSPS) is 20.2. The van der Waals surface area contributed by atoms with Crippen molar-refractivity contribution in [2.75, 3.05) is 33.3 Å². The van der Waals surface area contributed by atoms with Crippen LogP contribution in [0.5, 0.6) is 5.75 Å². The highest BCUT2D eigenvalue weighted by Gasteiger charge is 2.31. The Kier molecular flexibility index (Phi) is 5.04. The minimum atomic E-state index is 0.110. The van der Waals surface area contributed by atoms with Crippen molar-refractivity contribution < 1.29 is 9.53 Å². The van der Waals surface area contributed by atoms with Gasteiger partial charge >= 0.3 is 0 Å². The number of nitrogens with one attached hydrogen (secondary N) is 1. The van der Waals surface area contributed by atoms with Gasteiger partial charge in [0, 0.05) is 43.3 Å². The molecule has 5 rings (SSSR count). The van der Waals surface area contributed by atoms with Crippen LogP contribution in [0.15, 0.2) is 18.2 Å². The number of rotatable bonds is 3. The van der Waals surface area contributed by atoms with E-state index < -0.39 is 0 Å². The number of aromatic amines is 1. The Morgan fingerprint density at radius 2 is 1.90 bits per heavy atom. The van der Waals surface area contributed by atoms with Gasteiger partial charge in [-0.25, -0.2) is 0 Å². The Balaban J connectivity index is 1.30. The van der Waals surface area contributed by atoms with Gasteiger partial charge in [0.2, 0.25) is 0 Å². The lowest BCUT2D eigenvalue weighted by Crippen LogP contribution is -2.52. The second-order valence-corrected chi connectivity index (χ2v) is 8.57. The van der Waals surface area contributed by atoms with E-state index in [2.05, 4.69) is 27.2 Å². The second kappa shape index (κ2) is 7.82. The number of nitrogens with zero attached hydrogens (tertiary/aromatic N) is 3. The lowest BCUT2D eigenvalue weighted by atomic mass is 9.88. The van der Waals surface area contributed by atoms with Crippen molar-refractivity contribution in [3.63, 3.8) is 0 Å². The van der Waals surface area contributed by atoms with Gasteiger partial charge in [-0.15, -0.1) is 0 Å². The van der Waals surface area contributed by atoms with Gasteiger partial charge in [0.25, 0.3) is 5.91 Å². The molecule has 1 aromatic heterocycles. The lowest BCUT2D eigenvalue weighted by Gasteiger charge is -2.40. The molecule has 3 aliphatic rings. The number of carbonyl (C=O) groups excluding carboxylic acids is 1. The third kappa shape index (κ3) is 3.44. The van der Waals surface area contributed by atoms with E-state index >= 15 is 0 Å². The number of aromatic nitrogens is 2. The maximum Gasteiger partial charge on any atom is 0.272 e. The molecule has 2 fully saturated rings. The van der Waals surface area contributed by atoms with E-state index in [9.17, 15) is 4.79 Å². The van der Waals surface area contributed by atoms with Gasteiger partial charge < -0.3 is 9.64 Å². The summed E-state index contributed by atoms with van der Waals surface area (Å²) in [7, 11) is 1.69. The Hall–Kier alpha value is -2.34. The Labute approximate surface area is 172 Å². The van der Waals surface area contributed by atoms with Crippen LogP contribution in [-0.2, 0) is 12.8 Å². The minimum absolute atomic E-state index is 0.110. The molecule has 2 aromatic rings. The van der Waals surface area contributed by atoms with Crippen LogP contribution in [0.4, 0.5) is 0 Å². The predicted molar refractivity (Wildman–Crippen MR) is 112 cm³/mol. The predicted octanol–water partition coefficient (Wildman–Crippen LogP) is 3.27. The summed E-state index contributed by atoms with van der Waals surface area (Å²) in [6, 6.07) is 6.84. The van der Waals surface area contributed by atoms with Crippen LogP contribution in [0, 0.1) is 0 Å². The highest BCUT2D eigenvalue weighted by Crippen LogP contribution is 2.36. The van der Waals surface area contributed by atoms with Crippen molar-refractivity contribution in [2.45, 2.75) is 51.0 Å². The molecule has 6 heteroatoms. The van der Waals surface area contributed by atoms with Crippen LogP contribution < -0.4 is 4.74 Å². The van der Waals surface area contributed by atoms with Crippen molar-refractivity contribution in [3.05, 3.63) is 35.0 Å². The summed E-state index contributed by atoms with van der Waals surface area (Å²) in [5.74, 6) is 0.980. The van der Waals surface area contributed by atoms with Crippen LogP contribution in [-0.4, -0.2) is 65.2 Å². The summed E-state index contributed by atoms with van der Waals surface area (Å²) in [5, 5.41) is 7.61. The van der Waals surface area contributed by atoms with Gasteiger partial charge in [0.1, 0.15) is 11.4 Å². The van der Waals surface area contributed by atoms with Crippen LogP contribution in [0.2, 0.25) is 0 Å². The number of aryl methyl sites for hydroxylation is 1. The average Bonchev–Trinajstić information content (AvgIpc) is 3.23. The summed E-state index contributed by atoms with van der Waals surface area (Å²) >= 11 is 0. The fourth-order valence-electron chi connectivity index (χ4n) is 5.30. The maximum atomic E-state index is 13.2. The van der Waals surface area contributed by atoms with Crippen molar-refractivity contribution in [1.29, 1.82) is 0 Å². The molecule has 1 aliphatic heterocycles. The van der Waals surface area contributed by atoms with E-state index in [0.717, 1.165) is 67.6 Å². The molecule has 0 atom stereocenters. The Morgan fingerprint density at radius 3 is 2.66 bits per heavy atom. The first-order valence-electron chi connectivity index (χ1n) is 11.0. The van der Waals surface area contributed by atoms with Crippen LogP contribution in [0.25, 0.3) is 11.3 Å². The first-order valence-corrected chi connectivity index (χ1v) is 11.0. The molecule has 1 saturated carbocycles. The van der Waals surface area contributed by atoms with E-state index in [0.29, 0.717) is 5.69 Å². The van der Waals surface area contributed by atoms with Crippen molar-refractivity contribution in [3.8, 4) is 17.0 Å². The molecule has 1 aromatic carbocycles. The minimum Gasteiger partial charge on any atom is -0.497 e. The SMILES string of the molecule is COc1ccc2c(c1)CCc1c-2n[nH]c1C(=O)N1CCN(C2CCCCC2)CC1. The van der Waals surface area contributed by atoms with Crippen molar-refractivity contribution in [1.82, 2.24) is 20.0 Å². The van der Waals surface area contributed by atoms with Gasteiger partial charge in [0.15, 0.2) is 0 Å². The van der Waals surface area contributed by atoms with Gasteiger partial charge in [-0.1, -0.05) is 19.3 Å². The monoisotopic (exact) mass is 394 g/mol. The quantitative estimate of drug-likeness (QED) is 0.868. The molecule has 1 amide bonds. The van der Waals surface area contributed by atoms with Gasteiger partial charge in [-0.05, 0) is 49.4 Å². The molecule has 2 heterocycles. The van der Waals surface area contributed by atoms with Gasteiger partial charge in [-0.2, -0.15) is 5.10 Å². The standard InChI is InChI=1S/C23H30N4O2/c1-29-18-8-10-19-16(15-18)7-9-20-21(19)24-25-22(20)23(28)27-13-11-26(12-14-27)17-5-3-2-4-6-17/h8,10,15,17H,2-7,9,11-14H2,1H3,(H,24,25). The topological polar surface area (TPSA) is 61.5 Å². The fourth-order valence-corrected chi connectivity index (χ4v) is 5.30. The first kappa shape index (κ1) is 18.7. The average molecular weight is 395 g/mol. The molecular formula is C23H30N4O2. The Morgan fingerprint density at radius 1 is 1.10 bits per heavy atom. The maximum absolute atomic E-state index is 13.2. The molecule has 0 bridgehead atoms. The third-order valence-corrected chi connectivity index (χ3v) is 6.99. The third-order valence-electron chi connectivity index (χ3n) is 6.99. The smallest absolute Gasteiger partial charge is 0.272 e. The highest BCUT2D eigenvalue weighted by atomic mass is 16.5. The highest BCUT2D eigenvalue weighted by molar-refractivity contribution is 5.96. The van der Waals surface area contributed by atoms with Crippen LogP contribution in [0.3, 0.4) is 0 Å². The van der Waals surface area contributed by atoms with Crippen LogP contribution >= 0.6 is 0 Å². The molecule has 0 unspecified atom stereocenters. The number of hydrogen-bond donors (Lipinski definition) is 1. The number of benzene rings is 1. The summed E-state index contributed by atoms with van der Waals surface area (Å²) < 4.78 is 5.35.